The van der Waals surface area contributed by atoms with Crippen molar-refractivity contribution in [1.29, 1.82) is 0 Å². The third-order valence-corrected chi connectivity index (χ3v) is 6.28. The molecule has 1 aromatic heterocycles. The Balaban J connectivity index is 1.83. The molecular formula is C22H22ClN3O4S. The van der Waals surface area contributed by atoms with Crippen molar-refractivity contribution < 1.29 is 17.9 Å². The Kier molecular flexibility index (Phi) is 5.79. The summed E-state index contributed by atoms with van der Waals surface area (Å²) >= 11 is 6.50. The Bertz CT molecular complexity index is 1280. The molecule has 9 heteroatoms. The van der Waals surface area contributed by atoms with Crippen LogP contribution in [0.4, 0.5) is 0 Å². The van der Waals surface area contributed by atoms with Gasteiger partial charge in [-0.2, -0.15) is 0 Å². The molecule has 2 heterocycles. The largest absolute Gasteiger partial charge is 0.497 e. The summed E-state index contributed by atoms with van der Waals surface area (Å²) in [6, 6.07) is 14.1. The van der Waals surface area contributed by atoms with E-state index in [1.807, 2.05) is 61.5 Å². The number of pyridine rings is 1. The van der Waals surface area contributed by atoms with Crippen LogP contribution < -0.4 is 14.9 Å². The summed E-state index contributed by atoms with van der Waals surface area (Å²) in [5.74, 6) is 1.38. The lowest BCUT2D eigenvalue weighted by Crippen LogP contribution is -2.38. The van der Waals surface area contributed by atoms with Gasteiger partial charge in [0.1, 0.15) is 16.7 Å². The molecule has 4 rings (SSSR count). The molecule has 0 spiro atoms. The SMILES string of the molecule is CCOc1ccc2nc(Cl)c([C@@H]3C=C(c4cccc(OC)c4)NN3S(C)(=O)=O)cc2c1. The lowest BCUT2D eigenvalue weighted by Gasteiger charge is -2.23. The van der Waals surface area contributed by atoms with Crippen molar-refractivity contribution in [2.45, 2.75) is 13.0 Å². The second-order valence-corrected chi connectivity index (χ2v) is 9.30. The van der Waals surface area contributed by atoms with Crippen LogP contribution in [0.3, 0.4) is 0 Å². The Morgan fingerprint density at radius 3 is 2.68 bits per heavy atom. The van der Waals surface area contributed by atoms with Gasteiger partial charge in [0.15, 0.2) is 0 Å². The number of methoxy groups -OCH3 is 1. The number of benzene rings is 2. The minimum Gasteiger partial charge on any atom is -0.497 e. The molecule has 0 radical (unpaired) electrons. The molecule has 0 saturated heterocycles. The maximum absolute atomic E-state index is 12.6. The van der Waals surface area contributed by atoms with Crippen LogP contribution in [0.25, 0.3) is 16.6 Å². The minimum atomic E-state index is -3.62. The zero-order valence-corrected chi connectivity index (χ0v) is 18.9. The van der Waals surface area contributed by atoms with Gasteiger partial charge < -0.3 is 14.9 Å². The lowest BCUT2D eigenvalue weighted by atomic mass is 10.0. The second-order valence-electron chi connectivity index (χ2n) is 7.08. The van der Waals surface area contributed by atoms with Gasteiger partial charge in [-0.1, -0.05) is 23.7 Å². The number of fused-ring (bicyclic) bond motifs is 1. The Labute approximate surface area is 186 Å². The summed E-state index contributed by atoms with van der Waals surface area (Å²) < 4.78 is 37.2. The molecule has 3 aromatic rings. The molecule has 0 fully saturated rings. The van der Waals surface area contributed by atoms with Crippen LogP contribution in [0, 0.1) is 0 Å². The highest BCUT2D eigenvalue weighted by atomic mass is 35.5. The first-order chi connectivity index (χ1) is 14.8. The molecule has 0 amide bonds. The van der Waals surface area contributed by atoms with E-state index in [0.717, 1.165) is 17.2 Å². The van der Waals surface area contributed by atoms with Crippen LogP contribution in [0.15, 0.2) is 54.6 Å². The van der Waals surface area contributed by atoms with Crippen LogP contribution in [-0.4, -0.2) is 37.8 Å². The van der Waals surface area contributed by atoms with Crippen molar-refractivity contribution in [2.75, 3.05) is 20.0 Å². The zero-order valence-electron chi connectivity index (χ0n) is 17.3. The predicted octanol–water partition coefficient (Wildman–Crippen LogP) is 4.16. The van der Waals surface area contributed by atoms with E-state index in [-0.39, 0.29) is 5.15 Å². The van der Waals surface area contributed by atoms with Crippen LogP contribution in [0.2, 0.25) is 5.15 Å². The molecule has 162 valence electrons. The number of nitrogens with zero attached hydrogens (tertiary/aromatic N) is 2. The molecule has 31 heavy (non-hydrogen) atoms. The number of sulfonamides is 1. The molecule has 0 saturated carbocycles. The monoisotopic (exact) mass is 459 g/mol. The summed E-state index contributed by atoms with van der Waals surface area (Å²) in [4.78, 5) is 4.47. The standard InChI is InChI=1S/C22H22ClN3O4S/c1-4-30-17-8-9-19-15(11-17)12-18(22(23)24-19)21-13-20(25-26(21)31(3,27)28)14-6-5-7-16(10-14)29-2/h5-13,21,25H,4H2,1-3H3/t21-/m0/s1. The highest BCUT2D eigenvalue weighted by Crippen LogP contribution is 2.37. The van der Waals surface area contributed by atoms with Crippen LogP contribution in [0.5, 0.6) is 11.5 Å². The molecule has 0 bridgehead atoms. The van der Waals surface area contributed by atoms with E-state index in [2.05, 4.69) is 10.4 Å². The number of halogens is 1. The smallest absolute Gasteiger partial charge is 0.228 e. The maximum Gasteiger partial charge on any atom is 0.228 e. The quantitative estimate of drug-likeness (QED) is 0.557. The second kappa shape index (κ2) is 8.37. The normalized spacial score (nSPS) is 16.8. The summed E-state index contributed by atoms with van der Waals surface area (Å²) in [5, 5.41) is 1.04. The number of hydrogen-bond donors (Lipinski definition) is 1. The van der Waals surface area contributed by atoms with E-state index in [4.69, 9.17) is 21.1 Å². The summed E-state index contributed by atoms with van der Waals surface area (Å²) in [5.41, 5.74) is 5.69. The number of hydrazine groups is 1. The molecule has 1 aliphatic rings. The highest BCUT2D eigenvalue weighted by molar-refractivity contribution is 7.88. The fourth-order valence-electron chi connectivity index (χ4n) is 3.52. The first-order valence-electron chi connectivity index (χ1n) is 9.65. The average molecular weight is 460 g/mol. The van der Waals surface area contributed by atoms with Crippen molar-refractivity contribution in [3.8, 4) is 11.5 Å². The number of ether oxygens (including phenoxy) is 2. The fraction of sp³-hybridized carbons (Fsp3) is 0.227. The van der Waals surface area contributed by atoms with Crippen molar-refractivity contribution in [2.24, 2.45) is 0 Å². The van der Waals surface area contributed by atoms with Gasteiger partial charge in [0.2, 0.25) is 10.0 Å². The van der Waals surface area contributed by atoms with E-state index >= 15 is 0 Å². The predicted molar refractivity (Wildman–Crippen MR) is 121 cm³/mol. The first kappa shape index (κ1) is 21.4. The number of hydrogen-bond acceptors (Lipinski definition) is 6. The van der Waals surface area contributed by atoms with Gasteiger partial charge in [0, 0.05) is 16.5 Å². The molecular weight excluding hydrogens is 438 g/mol. The number of nitrogens with one attached hydrogen (secondary N) is 1. The van der Waals surface area contributed by atoms with E-state index in [0.29, 0.717) is 34.9 Å². The zero-order chi connectivity index (χ0) is 22.2. The van der Waals surface area contributed by atoms with Crippen molar-refractivity contribution >= 4 is 38.2 Å². The van der Waals surface area contributed by atoms with E-state index in [1.165, 1.54) is 4.41 Å². The molecule has 7 nitrogen and oxygen atoms in total. The third-order valence-electron chi connectivity index (χ3n) is 4.94. The maximum atomic E-state index is 12.6. The summed E-state index contributed by atoms with van der Waals surface area (Å²) in [6.45, 7) is 2.45. The van der Waals surface area contributed by atoms with Crippen molar-refractivity contribution in [3.05, 3.63) is 70.9 Å². The van der Waals surface area contributed by atoms with Crippen LogP contribution >= 0.6 is 11.6 Å². The van der Waals surface area contributed by atoms with Crippen molar-refractivity contribution in [3.63, 3.8) is 0 Å². The summed E-state index contributed by atoms with van der Waals surface area (Å²) in [7, 11) is -2.03. The molecule has 0 unspecified atom stereocenters. The third kappa shape index (κ3) is 4.32. The van der Waals surface area contributed by atoms with E-state index in [1.54, 1.807) is 7.11 Å². The summed E-state index contributed by atoms with van der Waals surface area (Å²) in [6.07, 6.45) is 2.96. The molecule has 0 aliphatic carbocycles. The van der Waals surface area contributed by atoms with Gasteiger partial charge in [0.05, 0.1) is 37.2 Å². The first-order valence-corrected chi connectivity index (χ1v) is 11.9. The fourth-order valence-corrected chi connectivity index (χ4v) is 4.63. The minimum absolute atomic E-state index is 0.236. The lowest BCUT2D eigenvalue weighted by molar-refractivity contribution is 0.340. The van der Waals surface area contributed by atoms with Crippen LogP contribution in [0.1, 0.15) is 24.1 Å². The molecule has 2 aromatic carbocycles. The molecule has 1 N–H and O–H groups in total. The number of rotatable bonds is 6. The van der Waals surface area contributed by atoms with Gasteiger partial charge >= 0.3 is 0 Å². The molecule has 1 atom stereocenters. The topological polar surface area (TPSA) is 80.8 Å². The van der Waals surface area contributed by atoms with E-state index in [9.17, 15) is 8.42 Å². The molecule has 1 aliphatic heterocycles. The van der Waals surface area contributed by atoms with E-state index < -0.39 is 16.1 Å². The average Bonchev–Trinajstić information content (AvgIpc) is 3.20. The van der Waals surface area contributed by atoms with Gasteiger partial charge in [-0.25, -0.2) is 13.4 Å². The van der Waals surface area contributed by atoms with Gasteiger partial charge in [-0.05, 0) is 49.4 Å². The Morgan fingerprint density at radius 1 is 1.16 bits per heavy atom. The van der Waals surface area contributed by atoms with Crippen LogP contribution in [-0.2, 0) is 10.0 Å². The van der Waals surface area contributed by atoms with Crippen molar-refractivity contribution in [1.82, 2.24) is 14.8 Å². The Hall–Kier alpha value is -2.81. The van der Waals surface area contributed by atoms with Gasteiger partial charge in [-0.3, -0.25) is 0 Å². The highest BCUT2D eigenvalue weighted by Gasteiger charge is 2.35. The number of aromatic nitrogens is 1. The van der Waals surface area contributed by atoms with Gasteiger partial charge in [0.25, 0.3) is 0 Å². The Morgan fingerprint density at radius 2 is 1.97 bits per heavy atom. The van der Waals surface area contributed by atoms with Gasteiger partial charge in [-0.15, -0.1) is 4.41 Å².